The second-order valence-corrected chi connectivity index (χ2v) is 4.61. The predicted molar refractivity (Wildman–Crippen MR) is 62.0 cm³/mol. The van der Waals surface area contributed by atoms with Crippen LogP contribution in [0.5, 0.6) is 0 Å². The summed E-state index contributed by atoms with van der Waals surface area (Å²) in [6, 6.07) is 4.60. The van der Waals surface area contributed by atoms with Gasteiger partial charge in [-0.1, -0.05) is 0 Å². The lowest BCUT2D eigenvalue weighted by atomic mass is 10.2. The second kappa shape index (κ2) is 5.58. The maximum absolute atomic E-state index is 5.66. The normalized spacial score (nSPS) is 21.0. The van der Waals surface area contributed by atoms with Gasteiger partial charge in [-0.2, -0.15) is 11.8 Å². The highest BCUT2D eigenvalue weighted by atomic mass is 32.2. The lowest BCUT2D eigenvalue weighted by Gasteiger charge is -2.07. The Labute approximate surface area is 94.6 Å². The minimum Gasteiger partial charge on any atom is -0.464 e. The Morgan fingerprint density at radius 1 is 1.47 bits per heavy atom. The van der Waals surface area contributed by atoms with Crippen molar-refractivity contribution in [1.82, 2.24) is 5.32 Å². The van der Waals surface area contributed by atoms with E-state index in [9.17, 15) is 0 Å². The molecule has 0 spiro atoms. The van der Waals surface area contributed by atoms with Gasteiger partial charge >= 0.3 is 0 Å². The van der Waals surface area contributed by atoms with E-state index < -0.39 is 0 Å². The van der Waals surface area contributed by atoms with Gasteiger partial charge in [-0.05, 0) is 24.8 Å². The van der Waals surface area contributed by atoms with E-state index in [0.717, 1.165) is 43.5 Å². The molecular weight excluding hydrogens is 210 g/mol. The van der Waals surface area contributed by atoms with Crippen molar-refractivity contribution in [1.29, 1.82) is 0 Å². The van der Waals surface area contributed by atoms with E-state index in [2.05, 4.69) is 17.6 Å². The molecule has 1 N–H and O–H groups in total. The van der Waals surface area contributed by atoms with E-state index in [1.54, 1.807) is 11.8 Å². The minimum atomic E-state index is 0.499. The zero-order valence-corrected chi connectivity index (χ0v) is 9.81. The van der Waals surface area contributed by atoms with Crippen LogP contribution < -0.4 is 5.32 Å². The molecule has 0 amide bonds. The fraction of sp³-hybridized carbons (Fsp3) is 0.636. The molecule has 1 aromatic heterocycles. The molecular formula is C11H17NO2S. The van der Waals surface area contributed by atoms with Crippen molar-refractivity contribution < 1.29 is 9.15 Å². The number of thioether (sulfide) groups is 1. The molecule has 1 aliphatic heterocycles. The van der Waals surface area contributed by atoms with Gasteiger partial charge in [0.2, 0.25) is 0 Å². The molecule has 1 fully saturated rings. The minimum absolute atomic E-state index is 0.499. The van der Waals surface area contributed by atoms with Crippen LogP contribution in [0.1, 0.15) is 17.9 Å². The fourth-order valence-corrected chi connectivity index (χ4v) is 2.12. The molecule has 1 unspecified atom stereocenters. The van der Waals surface area contributed by atoms with Crippen LogP contribution >= 0.6 is 11.8 Å². The van der Waals surface area contributed by atoms with Crippen LogP contribution in [0.15, 0.2) is 16.5 Å². The standard InChI is InChI=1S/C11H17NO2S/c1-15-8-11-3-2-10(14-11)6-12-9-4-5-13-7-9/h2-3,9,12H,4-8H2,1H3. The monoisotopic (exact) mass is 227 g/mol. The van der Waals surface area contributed by atoms with Gasteiger partial charge in [0.05, 0.1) is 18.9 Å². The molecule has 84 valence electrons. The third-order valence-corrected chi connectivity index (χ3v) is 3.07. The molecule has 0 radical (unpaired) electrons. The SMILES string of the molecule is CSCc1ccc(CNC2CCOC2)o1. The molecule has 2 heterocycles. The van der Waals surface area contributed by atoms with Crippen LogP contribution in [-0.4, -0.2) is 25.5 Å². The van der Waals surface area contributed by atoms with E-state index in [1.807, 2.05) is 6.07 Å². The summed E-state index contributed by atoms with van der Waals surface area (Å²) in [6.45, 7) is 2.52. The topological polar surface area (TPSA) is 34.4 Å². The molecule has 0 bridgehead atoms. The Kier molecular flexibility index (Phi) is 4.11. The highest BCUT2D eigenvalue weighted by Gasteiger charge is 2.14. The molecule has 1 aromatic rings. The van der Waals surface area contributed by atoms with Crippen LogP contribution in [0, 0.1) is 0 Å². The van der Waals surface area contributed by atoms with E-state index in [4.69, 9.17) is 9.15 Å². The third kappa shape index (κ3) is 3.26. The van der Waals surface area contributed by atoms with Gasteiger partial charge in [0.1, 0.15) is 11.5 Å². The molecule has 1 aliphatic rings. The summed E-state index contributed by atoms with van der Waals surface area (Å²) >= 11 is 1.78. The smallest absolute Gasteiger partial charge is 0.118 e. The van der Waals surface area contributed by atoms with Crippen molar-refractivity contribution in [3.63, 3.8) is 0 Å². The zero-order valence-electron chi connectivity index (χ0n) is 8.99. The summed E-state index contributed by atoms with van der Waals surface area (Å²) in [5.74, 6) is 3.03. The molecule has 0 saturated carbocycles. The first-order chi connectivity index (χ1) is 7.38. The van der Waals surface area contributed by atoms with Crippen molar-refractivity contribution in [3.8, 4) is 0 Å². The van der Waals surface area contributed by atoms with E-state index in [-0.39, 0.29) is 0 Å². The first-order valence-corrected chi connectivity index (χ1v) is 6.65. The summed E-state index contributed by atoms with van der Waals surface area (Å²) in [5.41, 5.74) is 0. The molecule has 1 atom stereocenters. The molecule has 0 aliphatic carbocycles. The van der Waals surface area contributed by atoms with Crippen molar-refractivity contribution in [2.45, 2.75) is 24.8 Å². The molecule has 4 heteroatoms. The average molecular weight is 227 g/mol. The maximum Gasteiger partial charge on any atom is 0.118 e. The van der Waals surface area contributed by atoms with Crippen molar-refractivity contribution >= 4 is 11.8 Å². The molecule has 15 heavy (non-hydrogen) atoms. The maximum atomic E-state index is 5.66. The van der Waals surface area contributed by atoms with Gasteiger partial charge in [-0.15, -0.1) is 0 Å². The lowest BCUT2D eigenvalue weighted by molar-refractivity contribution is 0.189. The third-order valence-electron chi connectivity index (χ3n) is 2.50. The van der Waals surface area contributed by atoms with Crippen molar-refractivity contribution in [3.05, 3.63) is 23.7 Å². The largest absolute Gasteiger partial charge is 0.464 e. The predicted octanol–water partition coefficient (Wildman–Crippen LogP) is 2.02. The fourth-order valence-electron chi connectivity index (χ4n) is 1.68. The summed E-state index contributed by atoms with van der Waals surface area (Å²) in [4.78, 5) is 0. The summed E-state index contributed by atoms with van der Waals surface area (Å²) in [5, 5.41) is 3.43. The number of hydrogen-bond acceptors (Lipinski definition) is 4. The molecule has 1 saturated heterocycles. The number of ether oxygens (including phenoxy) is 1. The Hall–Kier alpha value is -0.450. The Balaban J connectivity index is 1.77. The van der Waals surface area contributed by atoms with E-state index >= 15 is 0 Å². The van der Waals surface area contributed by atoms with Gasteiger partial charge in [0.15, 0.2) is 0 Å². The Bertz CT molecular complexity index is 295. The number of furan rings is 1. The number of hydrogen-bond donors (Lipinski definition) is 1. The molecule has 3 nitrogen and oxygen atoms in total. The van der Waals surface area contributed by atoms with Gasteiger partial charge in [-0.25, -0.2) is 0 Å². The highest BCUT2D eigenvalue weighted by Crippen LogP contribution is 2.14. The van der Waals surface area contributed by atoms with E-state index in [1.165, 1.54) is 0 Å². The van der Waals surface area contributed by atoms with Crippen LogP contribution in [0.2, 0.25) is 0 Å². The second-order valence-electron chi connectivity index (χ2n) is 3.74. The van der Waals surface area contributed by atoms with Crippen LogP contribution in [-0.2, 0) is 17.0 Å². The molecule has 2 rings (SSSR count). The van der Waals surface area contributed by atoms with Crippen molar-refractivity contribution in [2.75, 3.05) is 19.5 Å². The Morgan fingerprint density at radius 3 is 3.07 bits per heavy atom. The summed E-state index contributed by atoms with van der Waals surface area (Å²) in [7, 11) is 0. The Morgan fingerprint density at radius 2 is 2.33 bits per heavy atom. The van der Waals surface area contributed by atoms with Crippen LogP contribution in [0.4, 0.5) is 0 Å². The van der Waals surface area contributed by atoms with Gasteiger partial charge in [0.25, 0.3) is 0 Å². The molecule has 0 aromatic carbocycles. The highest BCUT2D eigenvalue weighted by molar-refractivity contribution is 7.97. The number of rotatable bonds is 5. The zero-order chi connectivity index (χ0) is 10.5. The van der Waals surface area contributed by atoms with E-state index in [0.29, 0.717) is 6.04 Å². The van der Waals surface area contributed by atoms with Gasteiger partial charge < -0.3 is 14.5 Å². The van der Waals surface area contributed by atoms with Gasteiger partial charge in [-0.3, -0.25) is 0 Å². The summed E-state index contributed by atoms with van der Waals surface area (Å²) < 4.78 is 11.0. The average Bonchev–Trinajstić information content (AvgIpc) is 2.85. The first-order valence-electron chi connectivity index (χ1n) is 5.26. The van der Waals surface area contributed by atoms with Crippen molar-refractivity contribution in [2.24, 2.45) is 0 Å². The summed E-state index contributed by atoms with van der Waals surface area (Å²) in [6.07, 6.45) is 3.19. The lowest BCUT2D eigenvalue weighted by Crippen LogP contribution is -2.28. The van der Waals surface area contributed by atoms with Crippen LogP contribution in [0.25, 0.3) is 0 Å². The van der Waals surface area contributed by atoms with Gasteiger partial charge in [0, 0.05) is 12.6 Å². The quantitative estimate of drug-likeness (QED) is 0.834. The van der Waals surface area contributed by atoms with Crippen LogP contribution in [0.3, 0.4) is 0 Å². The number of nitrogens with one attached hydrogen (secondary N) is 1. The first kappa shape index (κ1) is 11.0.